The maximum Gasteiger partial charge on any atom is 0.120 e. The molecule has 0 radical (unpaired) electrons. The Kier molecular flexibility index (Phi) is 2.80. The molecule has 1 heterocycles. The van der Waals surface area contributed by atoms with E-state index >= 15 is 0 Å². The monoisotopic (exact) mass is 239 g/mol. The average Bonchev–Trinajstić information content (AvgIpc) is 2.40. The summed E-state index contributed by atoms with van der Waals surface area (Å²) in [6.07, 6.45) is 0. The zero-order valence-corrected chi connectivity index (χ0v) is 10.5. The van der Waals surface area contributed by atoms with Crippen LogP contribution in [0.3, 0.4) is 0 Å². The molecule has 1 atom stereocenters. The lowest BCUT2D eigenvalue weighted by molar-refractivity contribution is 0.288. The Balaban J connectivity index is 2.11. The lowest BCUT2D eigenvalue weighted by Crippen LogP contribution is -2.30. The Morgan fingerprint density at radius 2 is 1.83 bits per heavy atom. The summed E-state index contributed by atoms with van der Waals surface area (Å²) >= 11 is 0. The first-order chi connectivity index (χ1) is 8.75. The van der Waals surface area contributed by atoms with Crippen LogP contribution in [0.2, 0.25) is 0 Å². The van der Waals surface area contributed by atoms with E-state index in [1.165, 1.54) is 11.1 Å². The minimum atomic E-state index is 0.354. The summed E-state index contributed by atoms with van der Waals surface area (Å²) < 4.78 is 0. The number of rotatable bonds is 1. The van der Waals surface area contributed by atoms with Crippen molar-refractivity contribution in [2.75, 3.05) is 13.6 Å². The number of fused-ring (bicyclic) bond motifs is 1. The molecule has 1 aliphatic heterocycles. The second-order valence-corrected chi connectivity index (χ2v) is 5.00. The number of phenolic OH excluding ortho intramolecular Hbond substituents is 1. The fourth-order valence-electron chi connectivity index (χ4n) is 2.81. The van der Waals surface area contributed by atoms with E-state index in [-0.39, 0.29) is 0 Å². The van der Waals surface area contributed by atoms with Crippen molar-refractivity contribution < 1.29 is 5.11 Å². The number of hydrogen-bond acceptors (Lipinski definition) is 2. The van der Waals surface area contributed by atoms with Gasteiger partial charge in [-0.25, -0.2) is 0 Å². The van der Waals surface area contributed by atoms with Crippen LogP contribution in [0.25, 0.3) is 0 Å². The molecular formula is C16H17NO. The molecule has 0 spiro atoms. The predicted octanol–water partition coefficient (Wildman–Crippen LogP) is 2.97. The zero-order chi connectivity index (χ0) is 12.5. The molecule has 0 saturated heterocycles. The molecule has 2 aromatic rings. The minimum absolute atomic E-state index is 0.354. The van der Waals surface area contributed by atoms with Crippen LogP contribution in [-0.2, 0) is 6.54 Å². The SMILES string of the molecule is CN1Cc2c(O)cccc2[C@@H](c2ccccc2)C1. The van der Waals surface area contributed by atoms with Gasteiger partial charge in [0.05, 0.1) is 0 Å². The van der Waals surface area contributed by atoms with Crippen LogP contribution < -0.4 is 0 Å². The number of hydrogen-bond donors (Lipinski definition) is 1. The number of phenols is 1. The van der Waals surface area contributed by atoms with E-state index in [0.717, 1.165) is 18.7 Å². The molecule has 0 amide bonds. The van der Waals surface area contributed by atoms with Crippen molar-refractivity contribution in [3.8, 4) is 5.75 Å². The first kappa shape index (κ1) is 11.3. The molecule has 2 heteroatoms. The van der Waals surface area contributed by atoms with Crippen molar-refractivity contribution in [1.82, 2.24) is 4.90 Å². The summed E-state index contributed by atoms with van der Waals surface area (Å²) in [4.78, 5) is 2.26. The average molecular weight is 239 g/mol. The van der Waals surface area contributed by atoms with E-state index in [9.17, 15) is 5.11 Å². The van der Waals surface area contributed by atoms with Gasteiger partial charge in [0.15, 0.2) is 0 Å². The van der Waals surface area contributed by atoms with E-state index in [1.807, 2.05) is 12.1 Å². The second kappa shape index (κ2) is 4.46. The molecule has 0 bridgehead atoms. The van der Waals surface area contributed by atoms with E-state index < -0.39 is 0 Å². The third kappa shape index (κ3) is 1.89. The van der Waals surface area contributed by atoms with Crippen molar-refractivity contribution in [2.24, 2.45) is 0 Å². The van der Waals surface area contributed by atoms with Crippen LogP contribution in [-0.4, -0.2) is 23.6 Å². The Morgan fingerprint density at radius 3 is 2.61 bits per heavy atom. The molecule has 0 saturated carbocycles. The standard InChI is InChI=1S/C16H17NO/c1-17-10-14(12-6-3-2-4-7-12)13-8-5-9-16(18)15(13)11-17/h2-9,14,18H,10-11H2,1H3/t14-/m1/s1. The van der Waals surface area contributed by atoms with Gasteiger partial charge < -0.3 is 10.0 Å². The normalized spacial score (nSPS) is 19.5. The number of benzene rings is 2. The van der Waals surface area contributed by atoms with Gasteiger partial charge in [0.2, 0.25) is 0 Å². The first-order valence-electron chi connectivity index (χ1n) is 6.30. The van der Waals surface area contributed by atoms with Crippen LogP contribution in [0, 0.1) is 0 Å². The van der Waals surface area contributed by atoms with Crippen molar-refractivity contribution in [2.45, 2.75) is 12.5 Å². The van der Waals surface area contributed by atoms with Crippen LogP contribution in [0.1, 0.15) is 22.6 Å². The van der Waals surface area contributed by atoms with E-state index in [1.54, 1.807) is 6.07 Å². The summed E-state index contributed by atoms with van der Waals surface area (Å²) in [5.41, 5.74) is 3.65. The highest BCUT2D eigenvalue weighted by atomic mass is 16.3. The highest BCUT2D eigenvalue weighted by Crippen LogP contribution is 2.36. The van der Waals surface area contributed by atoms with Crippen molar-refractivity contribution in [3.05, 3.63) is 65.2 Å². The van der Waals surface area contributed by atoms with E-state index in [0.29, 0.717) is 11.7 Å². The zero-order valence-electron chi connectivity index (χ0n) is 10.5. The molecule has 92 valence electrons. The summed E-state index contributed by atoms with van der Waals surface area (Å²) in [6, 6.07) is 16.4. The number of likely N-dealkylation sites (N-methyl/N-ethyl adjacent to an activating group) is 1. The minimum Gasteiger partial charge on any atom is -0.508 e. The molecule has 0 aliphatic carbocycles. The summed E-state index contributed by atoms with van der Waals surface area (Å²) in [5.74, 6) is 0.770. The maximum atomic E-state index is 10.0. The van der Waals surface area contributed by atoms with Gasteiger partial charge in [0.1, 0.15) is 5.75 Å². The molecule has 1 aliphatic rings. The lowest BCUT2D eigenvalue weighted by Gasteiger charge is -2.33. The molecule has 0 unspecified atom stereocenters. The Hall–Kier alpha value is -1.80. The van der Waals surface area contributed by atoms with Crippen LogP contribution in [0.15, 0.2) is 48.5 Å². The van der Waals surface area contributed by atoms with Gasteiger partial charge in [-0.15, -0.1) is 0 Å². The number of nitrogens with zero attached hydrogens (tertiary/aromatic N) is 1. The van der Waals surface area contributed by atoms with Crippen molar-refractivity contribution in [3.63, 3.8) is 0 Å². The second-order valence-electron chi connectivity index (χ2n) is 5.00. The fraction of sp³-hybridized carbons (Fsp3) is 0.250. The van der Waals surface area contributed by atoms with Gasteiger partial charge in [-0.1, -0.05) is 42.5 Å². The Morgan fingerprint density at radius 1 is 1.06 bits per heavy atom. The maximum absolute atomic E-state index is 10.0. The summed E-state index contributed by atoms with van der Waals surface area (Å²) in [6.45, 7) is 1.83. The van der Waals surface area contributed by atoms with Gasteiger partial charge in [-0.05, 0) is 24.2 Å². The highest BCUT2D eigenvalue weighted by Gasteiger charge is 2.26. The topological polar surface area (TPSA) is 23.5 Å². The Bertz CT molecular complexity index is 550. The molecule has 1 N–H and O–H groups in total. The van der Waals surface area contributed by atoms with Gasteiger partial charge >= 0.3 is 0 Å². The molecular weight excluding hydrogens is 222 g/mol. The van der Waals surface area contributed by atoms with E-state index in [2.05, 4.69) is 42.3 Å². The van der Waals surface area contributed by atoms with Gasteiger partial charge in [-0.3, -0.25) is 0 Å². The third-order valence-corrected chi connectivity index (χ3v) is 3.69. The number of aromatic hydroxyl groups is 1. The van der Waals surface area contributed by atoms with Crippen molar-refractivity contribution >= 4 is 0 Å². The molecule has 18 heavy (non-hydrogen) atoms. The lowest BCUT2D eigenvalue weighted by atomic mass is 9.84. The quantitative estimate of drug-likeness (QED) is 0.827. The van der Waals surface area contributed by atoms with Gasteiger partial charge in [0.25, 0.3) is 0 Å². The van der Waals surface area contributed by atoms with E-state index in [4.69, 9.17) is 0 Å². The highest BCUT2D eigenvalue weighted by molar-refractivity contribution is 5.46. The summed E-state index contributed by atoms with van der Waals surface area (Å²) in [5, 5.41) is 10.0. The third-order valence-electron chi connectivity index (χ3n) is 3.69. The largest absolute Gasteiger partial charge is 0.508 e. The van der Waals surface area contributed by atoms with Gasteiger partial charge in [-0.2, -0.15) is 0 Å². The molecule has 0 fully saturated rings. The van der Waals surface area contributed by atoms with Gasteiger partial charge in [0, 0.05) is 24.6 Å². The Labute approximate surface area is 107 Å². The molecule has 2 nitrogen and oxygen atoms in total. The molecule has 0 aromatic heterocycles. The van der Waals surface area contributed by atoms with Crippen molar-refractivity contribution in [1.29, 1.82) is 0 Å². The van der Waals surface area contributed by atoms with Crippen LogP contribution in [0.5, 0.6) is 5.75 Å². The smallest absolute Gasteiger partial charge is 0.120 e. The molecule has 2 aromatic carbocycles. The van der Waals surface area contributed by atoms with Crippen LogP contribution >= 0.6 is 0 Å². The summed E-state index contributed by atoms with van der Waals surface area (Å²) in [7, 11) is 2.10. The predicted molar refractivity (Wildman–Crippen MR) is 72.7 cm³/mol. The first-order valence-corrected chi connectivity index (χ1v) is 6.30. The molecule has 3 rings (SSSR count). The fourth-order valence-corrected chi connectivity index (χ4v) is 2.81. The van der Waals surface area contributed by atoms with Crippen LogP contribution in [0.4, 0.5) is 0 Å².